The molecule has 4 aromatic rings. The largest absolute Gasteiger partial charge is 0.457 e. The summed E-state index contributed by atoms with van der Waals surface area (Å²) in [4.78, 5) is 8.41. The number of ether oxygens (including phenoxy) is 1. The van der Waals surface area contributed by atoms with E-state index in [2.05, 4.69) is 15.1 Å². The van der Waals surface area contributed by atoms with Gasteiger partial charge in [-0.3, -0.25) is 4.68 Å². The average Bonchev–Trinajstić information content (AvgIpc) is 3.24. The van der Waals surface area contributed by atoms with Gasteiger partial charge < -0.3 is 14.9 Å². The van der Waals surface area contributed by atoms with E-state index in [1.165, 1.54) is 29.2 Å². The van der Waals surface area contributed by atoms with Crippen LogP contribution in [0.25, 0.3) is 22.6 Å². The highest BCUT2D eigenvalue weighted by Crippen LogP contribution is 2.39. The highest BCUT2D eigenvalue weighted by molar-refractivity contribution is 5.69. The van der Waals surface area contributed by atoms with E-state index in [0.717, 1.165) is 12.1 Å². The Hall–Kier alpha value is -3.76. The molecule has 10 heteroatoms. The fraction of sp³-hybridized carbons (Fsp3) is 0.174. The van der Waals surface area contributed by atoms with Crippen molar-refractivity contribution in [2.75, 3.05) is 6.61 Å². The number of hydrogen-bond donors (Lipinski definition) is 2. The monoisotopic (exact) mass is 456 g/mol. The number of nitrogens with zero attached hydrogens (tertiary/aromatic N) is 4. The molecule has 0 unspecified atom stereocenters. The Morgan fingerprint density at radius 2 is 1.79 bits per heavy atom. The van der Waals surface area contributed by atoms with Gasteiger partial charge in [0.15, 0.2) is 5.82 Å². The van der Waals surface area contributed by atoms with Crippen molar-refractivity contribution in [3.8, 4) is 34.1 Å². The third-order valence-electron chi connectivity index (χ3n) is 4.94. The van der Waals surface area contributed by atoms with E-state index in [-0.39, 0.29) is 17.0 Å². The number of rotatable bonds is 6. The molecule has 0 bridgehead atoms. The lowest BCUT2D eigenvalue weighted by atomic mass is 10.1. The van der Waals surface area contributed by atoms with Gasteiger partial charge in [0, 0.05) is 30.6 Å². The first-order chi connectivity index (χ1) is 15.8. The number of aliphatic hydroxyl groups excluding tert-OH is 2. The Bertz CT molecular complexity index is 1260. The zero-order valence-corrected chi connectivity index (χ0v) is 17.4. The average molecular weight is 456 g/mol. The lowest BCUT2D eigenvalue weighted by Crippen LogP contribution is -2.06. The van der Waals surface area contributed by atoms with Crippen molar-refractivity contribution >= 4 is 0 Å². The van der Waals surface area contributed by atoms with E-state index < -0.39 is 24.5 Å². The fourth-order valence-corrected chi connectivity index (χ4v) is 3.22. The summed E-state index contributed by atoms with van der Waals surface area (Å²) in [5, 5.41) is 22.9. The topological polar surface area (TPSA) is 93.3 Å². The van der Waals surface area contributed by atoms with E-state index in [0.29, 0.717) is 22.8 Å². The summed E-state index contributed by atoms with van der Waals surface area (Å²) in [5.41, 5.74) is 0.855. The van der Waals surface area contributed by atoms with Gasteiger partial charge in [0.2, 0.25) is 0 Å². The molecule has 0 aliphatic rings. The molecular formula is C23H19F3N4O3. The third-order valence-corrected chi connectivity index (χ3v) is 4.94. The minimum Gasteiger partial charge on any atom is -0.457 e. The van der Waals surface area contributed by atoms with Crippen LogP contribution >= 0.6 is 0 Å². The smallest absolute Gasteiger partial charge is 0.416 e. The van der Waals surface area contributed by atoms with Gasteiger partial charge in [-0.25, -0.2) is 9.97 Å². The molecule has 170 valence electrons. The van der Waals surface area contributed by atoms with Gasteiger partial charge in [-0.1, -0.05) is 0 Å². The van der Waals surface area contributed by atoms with Gasteiger partial charge in [-0.15, -0.1) is 0 Å². The molecule has 2 aromatic heterocycles. The number of benzene rings is 2. The normalized spacial score (nSPS) is 12.5. The molecular weight excluding hydrogens is 437 g/mol. The van der Waals surface area contributed by atoms with Crippen LogP contribution in [0.4, 0.5) is 13.2 Å². The summed E-state index contributed by atoms with van der Waals surface area (Å²) in [6, 6.07) is 13.0. The zero-order chi connectivity index (χ0) is 23.6. The Balaban J connectivity index is 1.64. The molecule has 4 rings (SSSR count). The maximum atomic E-state index is 13.3. The van der Waals surface area contributed by atoms with Crippen LogP contribution in [-0.4, -0.2) is 36.6 Å². The summed E-state index contributed by atoms with van der Waals surface area (Å²) in [7, 11) is 1.63. The second kappa shape index (κ2) is 9.00. The van der Waals surface area contributed by atoms with E-state index in [4.69, 9.17) is 9.84 Å². The van der Waals surface area contributed by atoms with Crippen LogP contribution in [-0.2, 0) is 13.2 Å². The maximum Gasteiger partial charge on any atom is 0.416 e. The molecule has 2 aromatic carbocycles. The maximum absolute atomic E-state index is 13.3. The summed E-state index contributed by atoms with van der Waals surface area (Å²) >= 11 is 0. The molecule has 2 heterocycles. The standard InChI is InChI=1S/C23H19F3N4O3/c1-30-19(9-11-28-30)17-12-15(23(24,25)26)4-7-21(17)33-16-5-2-14(3-6-16)22-27-10-8-18(29-22)20(32)13-31/h2-12,20,31-32H,13H2,1H3/t20-/m1/s1. The minimum absolute atomic E-state index is 0.240. The summed E-state index contributed by atoms with van der Waals surface area (Å²) < 4.78 is 47.2. The van der Waals surface area contributed by atoms with Gasteiger partial charge in [-0.2, -0.15) is 18.3 Å². The van der Waals surface area contributed by atoms with Crippen LogP contribution in [0.15, 0.2) is 67.0 Å². The van der Waals surface area contributed by atoms with Gasteiger partial charge in [0.25, 0.3) is 0 Å². The highest BCUT2D eigenvalue weighted by Gasteiger charge is 2.31. The second-order valence-electron chi connectivity index (χ2n) is 7.18. The number of halogens is 3. The van der Waals surface area contributed by atoms with E-state index in [9.17, 15) is 18.3 Å². The summed E-state index contributed by atoms with van der Waals surface area (Å²) in [6.07, 6.45) is -2.63. The highest BCUT2D eigenvalue weighted by atomic mass is 19.4. The predicted octanol–water partition coefficient (Wildman–Crippen LogP) is 4.38. The van der Waals surface area contributed by atoms with Crippen LogP contribution in [0.3, 0.4) is 0 Å². The van der Waals surface area contributed by atoms with Gasteiger partial charge in [0.05, 0.1) is 23.6 Å². The molecule has 2 N–H and O–H groups in total. The number of aliphatic hydroxyl groups is 2. The van der Waals surface area contributed by atoms with Crippen LogP contribution in [0.1, 0.15) is 17.4 Å². The number of aryl methyl sites for hydroxylation is 1. The van der Waals surface area contributed by atoms with Crippen molar-refractivity contribution in [2.24, 2.45) is 7.05 Å². The molecule has 0 fully saturated rings. The molecule has 0 radical (unpaired) electrons. The molecule has 1 atom stereocenters. The minimum atomic E-state index is -4.49. The van der Waals surface area contributed by atoms with Crippen LogP contribution < -0.4 is 4.74 Å². The SMILES string of the molecule is Cn1nccc1-c1cc(C(F)(F)F)ccc1Oc1ccc(-c2nccc([C@H](O)CO)n2)cc1. The first-order valence-corrected chi connectivity index (χ1v) is 9.86. The molecule has 0 aliphatic carbocycles. The predicted molar refractivity (Wildman–Crippen MR) is 113 cm³/mol. The molecule has 0 saturated heterocycles. The first kappa shape index (κ1) is 22.4. The van der Waals surface area contributed by atoms with E-state index in [1.807, 2.05) is 0 Å². The Morgan fingerprint density at radius 1 is 1.03 bits per heavy atom. The van der Waals surface area contributed by atoms with E-state index in [1.54, 1.807) is 37.4 Å². The summed E-state index contributed by atoms with van der Waals surface area (Å²) in [6.45, 7) is -0.463. The molecule has 0 spiro atoms. The van der Waals surface area contributed by atoms with Crippen LogP contribution in [0.2, 0.25) is 0 Å². The molecule has 0 aliphatic heterocycles. The first-order valence-electron chi connectivity index (χ1n) is 9.86. The molecule has 0 saturated carbocycles. The Morgan fingerprint density at radius 3 is 2.42 bits per heavy atom. The van der Waals surface area contributed by atoms with Crippen molar-refractivity contribution in [1.82, 2.24) is 19.7 Å². The van der Waals surface area contributed by atoms with Crippen LogP contribution in [0.5, 0.6) is 11.5 Å². The second-order valence-corrected chi connectivity index (χ2v) is 7.18. The van der Waals surface area contributed by atoms with Gasteiger partial charge in [-0.05, 0) is 54.6 Å². The fourth-order valence-electron chi connectivity index (χ4n) is 3.22. The van der Waals surface area contributed by atoms with E-state index >= 15 is 0 Å². The van der Waals surface area contributed by atoms with Gasteiger partial charge in [0.1, 0.15) is 17.6 Å². The van der Waals surface area contributed by atoms with Crippen molar-refractivity contribution < 1.29 is 28.1 Å². The van der Waals surface area contributed by atoms with Gasteiger partial charge >= 0.3 is 6.18 Å². The third kappa shape index (κ3) is 4.86. The quantitative estimate of drug-likeness (QED) is 0.447. The Kier molecular flexibility index (Phi) is 6.12. The number of aromatic nitrogens is 4. The van der Waals surface area contributed by atoms with Crippen molar-refractivity contribution in [2.45, 2.75) is 12.3 Å². The van der Waals surface area contributed by atoms with Crippen LogP contribution in [0, 0.1) is 0 Å². The number of alkyl halides is 3. The number of hydrogen-bond acceptors (Lipinski definition) is 6. The Labute approximate surface area is 186 Å². The lowest BCUT2D eigenvalue weighted by molar-refractivity contribution is -0.137. The summed E-state index contributed by atoms with van der Waals surface area (Å²) in [5.74, 6) is 0.980. The molecule has 0 amide bonds. The van der Waals surface area contributed by atoms with Crippen molar-refractivity contribution in [1.29, 1.82) is 0 Å². The lowest BCUT2D eigenvalue weighted by Gasteiger charge is -2.15. The molecule has 33 heavy (non-hydrogen) atoms. The van der Waals surface area contributed by atoms with Crippen molar-refractivity contribution in [3.05, 3.63) is 78.2 Å². The zero-order valence-electron chi connectivity index (χ0n) is 17.4. The van der Waals surface area contributed by atoms with Crippen molar-refractivity contribution in [3.63, 3.8) is 0 Å². The molecule has 7 nitrogen and oxygen atoms in total.